The van der Waals surface area contributed by atoms with Crippen molar-refractivity contribution >= 4 is 23.4 Å². The molecule has 0 atom stereocenters. The number of benzene rings is 3. The lowest BCUT2D eigenvalue weighted by Crippen LogP contribution is -2.32. The number of fused-ring (bicyclic) bond motifs is 1. The second-order valence-corrected chi connectivity index (χ2v) is 4.74. The number of hydrogen-bond donors (Lipinski definition) is 2. The maximum absolute atomic E-state index is 9.36. The highest BCUT2D eigenvalue weighted by molar-refractivity contribution is 6.59. The van der Waals surface area contributed by atoms with Crippen LogP contribution in [0, 0.1) is 11.8 Å². The van der Waals surface area contributed by atoms with E-state index in [0.717, 1.165) is 16.3 Å². The molecule has 2 N–H and O–H groups in total. The van der Waals surface area contributed by atoms with Crippen LogP contribution < -0.4 is 5.46 Å². The van der Waals surface area contributed by atoms with Gasteiger partial charge >= 0.3 is 7.12 Å². The molecule has 3 aromatic carbocycles. The smallest absolute Gasteiger partial charge is 0.423 e. The monoisotopic (exact) mass is 272 g/mol. The Morgan fingerprint density at radius 2 is 1.29 bits per heavy atom. The third kappa shape index (κ3) is 2.82. The minimum absolute atomic E-state index is 0.422. The van der Waals surface area contributed by atoms with Gasteiger partial charge < -0.3 is 10.0 Å². The molecule has 0 heterocycles. The predicted octanol–water partition coefficient (Wildman–Crippen LogP) is 1.92. The van der Waals surface area contributed by atoms with Crippen LogP contribution in [0.15, 0.2) is 66.7 Å². The highest BCUT2D eigenvalue weighted by Gasteiger charge is 2.13. The number of hydrogen-bond acceptors (Lipinski definition) is 2. The second kappa shape index (κ2) is 5.84. The quantitative estimate of drug-likeness (QED) is 0.525. The Bertz CT molecular complexity index is 839. The Labute approximate surface area is 123 Å². The molecule has 0 unspecified atom stereocenters. The van der Waals surface area contributed by atoms with Crippen molar-refractivity contribution in [3.63, 3.8) is 0 Å². The second-order valence-electron chi connectivity index (χ2n) is 4.74. The third-order valence-corrected chi connectivity index (χ3v) is 3.36. The molecule has 3 aromatic rings. The maximum Gasteiger partial charge on any atom is 0.489 e. The maximum atomic E-state index is 9.36. The molecule has 3 rings (SSSR count). The number of rotatable bonds is 1. The van der Waals surface area contributed by atoms with Gasteiger partial charge in [0.1, 0.15) is 0 Å². The predicted molar refractivity (Wildman–Crippen MR) is 86.2 cm³/mol. The Balaban J connectivity index is 2.09. The largest absolute Gasteiger partial charge is 0.489 e. The molecular weight excluding hydrogens is 259 g/mol. The van der Waals surface area contributed by atoms with Crippen LogP contribution in [0.1, 0.15) is 11.1 Å². The average Bonchev–Trinajstić information content (AvgIpc) is 2.53. The molecule has 0 saturated heterocycles. The van der Waals surface area contributed by atoms with Crippen LogP contribution in [-0.4, -0.2) is 17.2 Å². The zero-order chi connectivity index (χ0) is 14.7. The molecule has 0 radical (unpaired) electrons. The summed E-state index contributed by atoms with van der Waals surface area (Å²) < 4.78 is 0. The molecule has 0 bridgehead atoms. The van der Waals surface area contributed by atoms with E-state index in [0.29, 0.717) is 11.0 Å². The van der Waals surface area contributed by atoms with Gasteiger partial charge in [-0.15, -0.1) is 0 Å². The van der Waals surface area contributed by atoms with Crippen LogP contribution in [0.25, 0.3) is 10.8 Å². The first-order valence-electron chi connectivity index (χ1n) is 6.70. The van der Waals surface area contributed by atoms with Crippen molar-refractivity contribution < 1.29 is 10.0 Å². The van der Waals surface area contributed by atoms with E-state index < -0.39 is 7.12 Å². The summed E-state index contributed by atoms with van der Waals surface area (Å²) >= 11 is 0. The van der Waals surface area contributed by atoms with Crippen molar-refractivity contribution in [2.75, 3.05) is 0 Å². The van der Waals surface area contributed by atoms with Crippen LogP contribution in [0.2, 0.25) is 0 Å². The first-order valence-corrected chi connectivity index (χ1v) is 6.70. The highest BCUT2D eigenvalue weighted by atomic mass is 16.4. The minimum atomic E-state index is -1.51. The first kappa shape index (κ1) is 13.4. The van der Waals surface area contributed by atoms with Crippen molar-refractivity contribution in [2.24, 2.45) is 0 Å². The standard InChI is InChI=1S/C18H13BO2/c20-19(21)18-11-4-2-7-16(18)13-12-15-9-5-8-14-6-1-3-10-17(14)15/h1-11,20-21H. The van der Waals surface area contributed by atoms with E-state index in [9.17, 15) is 10.0 Å². The van der Waals surface area contributed by atoms with E-state index >= 15 is 0 Å². The van der Waals surface area contributed by atoms with Gasteiger partial charge in [-0.25, -0.2) is 0 Å². The molecule has 100 valence electrons. The van der Waals surface area contributed by atoms with Gasteiger partial charge in [0, 0.05) is 11.1 Å². The summed E-state index contributed by atoms with van der Waals surface area (Å²) in [6.45, 7) is 0. The summed E-state index contributed by atoms with van der Waals surface area (Å²) in [4.78, 5) is 0. The molecule has 0 amide bonds. The molecule has 21 heavy (non-hydrogen) atoms. The molecule has 0 saturated carbocycles. The first-order chi connectivity index (χ1) is 10.3. The van der Waals surface area contributed by atoms with E-state index in [1.165, 1.54) is 0 Å². The van der Waals surface area contributed by atoms with Gasteiger partial charge in [0.2, 0.25) is 0 Å². The summed E-state index contributed by atoms with van der Waals surface area (Å²) in [6.07, 6.45) is 0. The molecule has 0 aliphatic heterocycles. The van der Waals surface area contributed by atoms with Crippen LogP contribution in [0.4, 0.5) is 0 Å². The molecule has 0 aliphatic carbocycles. The summed E-state index contributed by atoms with van der Waals surface area (Å²) in [7, 11) is -1.51. The molecule has 3 heteroatoms. The Morgan fingerprint density at radius 3 is 2.14 bits per heavy atom. The van der Waals surface area contributed by atoms with E-state index in [1.54, 1.807) is 18.2 Å². The fourth-order valence-corrected chi connectivity index (χ4v) is 2.31. The van der Waals surface area contributed by atoms with Gasteiger partial charge in [-0.1, -0.05) is 66.4 Å². The lowest BCUT2D eigenvalue weighted by Gasteiger charge is -2.02. The SMILES string of the molecule is OB(O)c1ccccc1C#Cc1cccc2ccccc12. The Morgan fingerprint density at radius 1 is 0.667 bits per heavy atom. The van der Waals surface area contributed by atoms with E-state index in [4.69, 9.17) is 0 Å². The van der Waals surface area contributed by atoms with Crippen LogP contribution >= 0.6 is 0 Å². The van der Waals surface area contributed by atoms with Gasteiger partial charge in [0.05, 0.1) is 0 Å². The average molecular weight is 272 g/mol. The van der Waals surface area contributed by atoms with Gasteiger partial charge in [-0.3, -0.25) is 0 Å². The summed E-state index contributed by atoms with van der Waals surface area (Å²) in [5.74, 6) is 6.16. The fraction of sp³-hybridized carbons (Fsp3) is 0. The van der Waals surface area contributed by atoms with Crippen LogP contribution in [0.3, 0.4) is 0 Å². The summed E-state index contributed by atoms with van der Waals surface area (Å²) in [5, 5.41) is 21.0. The highest BCUT2D eigenvalue weighted by Crippen LogP contribution is 2.17. The molecule has 0 fully saturated rings. The minimum Gasteiger partial charge on any atom is -0.423 e. The van der Waals surface area contributed by atoms with Gasteiger partial charge in [-0.05, 0) is 28.4 Å². The molecule has 0 aliphatic rings. The molecule has 2 nitrogen and oxygen atoms in total. The zero-order valence-corrected chi connectivity index (χ0v) is 11.3. The Hall–Kier alpha value is -2.54. The van der Waals surface area contributed by atoms with Crippen LogP contribution in [0.5, 0.6) is 0 Å². The van der Waals surface area contributed by atoms with E-state index in [2.05, 4.69) is 11.8 Å². The van der Waals surface area contributed by atoms with Gasteiger partial charge in [0.25, 0.3) is 0 Å². The Kier molecular flexibility index (Phi) is 3.74. The van der Waals surface area contributed by atoms with E-state index in [-0.39, 0.29) is 0 Å². The zero-order valence-electron chi connectivity index (χ0n) is 11.3. The van der Waals surface area contributed by atoms with Gasteiger partial charge in [-0.2, -0.15) is 0 Å². The van der Waals surface area contributed by atoms with Crippen molar-refractivity contribution in [2.45, 2.75) is 0 Å². The van der Waals surface area contributed by atoms with Crippen molar-refractivity contribution in [1.29, 1.82) is 0 Å². The van der Waals surface area contributed by atoms with Gasteiger partial charge in [0.15, 0.2) is 0 Å². The van der Waals surface area contributed by atoms with E-state index in [1.807, 2.05) is 48.5 Å². The summed E-state index contributed by atoms with van der Waals surface area (Å²) in [5.41, 5.74) is 1.97. The summed E-state index contributed by atoms with van der Waals surface area (Å²) in [6, 6.07) is 21.1. The topological polar surface area (TPSA) is 40.5 Å². The third-order valence-electron chi connectivity index (χ3n) is 3.36. The molecular formula is C18H13BO2. The molecule has 0 spiro atoms. The van der Waals surface area contributed by atoms with Crippen molar-refractivity contribution in [1.82, 2.24) is 0 Å². The lowest BCUT2D eigenvalue weighted by molar-refractivity contribution is 0.425. The normalized spacial score (nSPS) is 10.0. The fourth-order valence-electron chi connectivity index (χ4n) is 2.31. The molecule has 0 aromatic heterocycles. The van der Waals surface area contributed by atoms with Crippen molar-refractivity contribution in [3.8, 4) is 11.8 Å². The lowest BCUT2D eigenvalue weighted by atomic mass is 9.77. The van der Waals surface area contributed by atoms with Crippen molar-refractivity contribution in [3.05, 3.63) is 77.9 Å². The van der Waals surface area contributed by atoms with Crippen LogP contribution in [-0.2, 0) is 0 Å².